The Morgan fingerprint density at radius 1 is 1.20 bits per heavy atom. The average Bonchev–Trinajstić information content (AvgIpc) is 2.78. The number of hydrogen-bond donors (Lipinski definition) is 1. The second-order valence-electron chi connectivity index (χ2n) is 4.15. The summed E-state index contributed by atoms with van der Waals surface area (Å²) in [5.41, 5.74) is 1.83. The van der Waals surface area contributed by atoms with Gasteiger partial charge in [-0.1, -0.05) is 20.8 Å². The molecular weight excluding hydrogens is 202 g/mol. The zero-order valence-corrected chi connectivity index (χ0v) is 11.0. The first-order valence-corrected chi connectivity index (χ1v) is 6.96. The second kappa shape index (κ2) is 6.29. The van der Waals surface area contributed by atoms with Crippen LogP contribution in [0.5, 0.6) is 0 Å². The van der Waals surface area contributed by atoms with Crippen LogP contribution in [0, 0.1) is 0 Å². The van der Waals surface area contributed by atoms with Gasteiger partial charge in [0.1, 0.15) is 0 Å². The molecule has 0 aliphatic carbocycles. The summed E-state index contributed by atoms with van der Waals surface area (Å²) in [4.78, 5) is 0. The van der Waals surface area contributed by atoms with Gasteiger partial charge in [-0.25, -0.2) is 0 Å². The average molecular weight is 225 g/mol. The summed E-state index contributed by atoms with van der Waals surface area (Å²) in [7, 11) is 0. The van der Waals surface area contributed by atoms with E-state index in [0.29, 0.717) is 5.54 Å². The molecule has 1 rings (SSSR count). The van der Waals surface area contributed by atoms with E-state index in [1.807, 2.05) is 0 Å². The third kappa shape index (κ3) is 3.62. The zero-order valence-electron chi connectivity index (χ0n) is 10.2. The molecule has 0 spiro atoms. The molecule has 0 aliphatic heterocycles. The van der Waals surface area contributed by atoms with Crippen molar-refractivity contribution in [3.05, 3.63) is 22.4 Å². The number of nitrogens with one attached hydrogen (secondary N) is 1. The highest BCUT2D eigenvalue weighted by Crippen LogP contribution is 2.19. The molecule has 0 atom stereocenters. The topological polar surface area (TPSA) is 12.0 Å². The Bertz CT molecular complexity index is 241. The molecule has 1 N–H and O–H groups in total. The number of thiophene rings is 1. The molecule has 1 heterocycles. The van der Waals surface area contributed by atoms with Crippen LogP contribution in [0.15, 0.2) is 16.8 Å². The van der Waals surface area contributed by atoms with Crippen LogP contribution in [-0.4, -0.2) is 12.1 Å². The molecule has 0 saturated heterocycles. The highest BCUT2D eigenvalue weighted by atomic mass is 32.1. The fraction of sp³-hybridized carbons (Fsp3) is 0.692. The minimum Gasteiger partial charge on any atom is -0.311 e. The van der Waals surface area contributed by atoms with Crippen molar-refractivity contribution in [2.45, 2.75) is 52.0 Å². The van der Waals surface area contributed by atoms with E-state index in [-0.39, 0.29) is 0 Å². The minimum absolute atomic E-state index is 0.371. The molecule has 0 aromatic carbocycles. The quantitative estimate of drug-likeness (QED) is 0.743. The molecule has 2 heteroatoms. The molecule has 1 aromatic heterocycles. The van der Waals surface area contributed by atoms with Gasteiger partial charge in [-0.15, -0.1) is 0 Å². The summed E-state index contributed by atoms with van der Waals surface area (Å²) >= 11 is 1.79. The zero-order chi connectivity index (χ0) is 11.1. The maximum Gasteiger partial charge on any atom is 0.0173 e. The van der Waals surface area contributed by atoms with Crippen molar-refractivity contribution in [3.63, 3.8) is 0 Å². The van der Waals surface area contributed by atoms with E-state index in [2.05, 4.69) is 42.9 Å². The van der Waals surface area contributed by atoms with Crippen LogP contribution in [0.1, 0.15) is 45.6 Å². The van der Waals surface area contributed by atoms with E-state index in [4.69, 9.17) is 0 Å². The lowest BCUT2D eigenvalue weighted by Crippen LogP contribution is -2.44. The maximum absolute atomic E-state index is 3.73. The highest BCUT2D eigenvalue weighted by Gasteiger charge is 2.22. The van der Waals surface area contributed by atoms with Crippen molar-refractivity contribution in [2.75, 3.05) is 6.54 Å². The SMILES string of the molecule is CCC(CC)(CC)NCCc1ccsc1. The molecule has 1 nitrogen and oxygen atoms in total. The molecule has 0 aliphatic rings. The van der Waals surface area contributed by atoms with Crippen molar-refractivity contribution in [1.82, 2.24) is 5.32 Å². The van der Waals surface area contributed by atoms with Crippen LogP contribution >= 0.6 is 11.3 Å². The van der Waals surface area contributed by atoms with E-state index in [1.165, 1.54) is 24.8 Å². The third-order valence-corrected chi connectivity index (χ3v) is 4.26. The van der Waals surface area contributed by atoms with Gasteiger partial charge in [0.2, 0.25) is 0 Å². The molecule has 15 heavy (non-hydrogen) atoms. The van der Waals surface area contributed by atoms with Gasteiger partial charge in [-0.05, 0) is 54.6 Å². The summed E-state index contributed by atoms with van der Waals surface area (Å²) in [6.45, 7) is 7.95. The second-order valence-corrected chi connectivity index (χ2v) is 4.93. The van der Waals surface area contributed by atoms with Gasteiger partial charge >= 0.3 is 0 Å². The minimum atomic E-state index is 0.371. The Hall–Kier alpha value is -0.340. The van der Waals surface area contributed by atoms with Crippen LogP contribution in [0.4, 0.5) is 0 Å². The molecule has 0 bridgehead atoms. The summed E-state index contributed by atoms with van der Waals surface area (Å²) in [5, 5.41) is 8.12. The molecule has 0 fully saturated rings. The summed E-state index contributed by atoms with van der Waals surface area (Å²) < 4.78 is 0. The van der Waals surface area contributed by atoms with Gasteiger partial charge in [0.25, 0.3) is 0 Å². The summed E-state index contributed by atoms with van der Waals surface area (Å²) in [6, 6.07) is 2.22. The van der Waals surface area contributed by atoms with Crippen molar-refractivity contribution in [3.8, 4) is 0 Å². The Kier molecular flexibility index (Phi) is 5.34. The van der Waals surface area contributed by atoms with Gasteiger partial charge in [0, 0.05) is 5.54 Å². The largest absolute Gasteiger partial charge is 0.311 e. The van der Waals surface area contributed by atoms with E-state index in [1.54, 1.807) is 11.3 Å². The van der Waals surface area contributed by atoms with E-state index >= 15 is 0 Å². The molecule has 1 aromatic rings. The first-order valence-electron chi connectivity index (χ1n) is 6.02. The highest BCUT2D eigenvalue weighted by molar-refractivity contribution is 7.07. The molecular formula is C13H23NS. The smallest absolute Gasteiger partial charge is 0.0173 e. The molecule has 0 unspecified atom stereocenters. The number of rotatable bonds is 7. The Morgan fingerprint density at radius 2 is 1.87 bits per heavy atom. The molecule has 0 amide bonds. The van der Waals surface area contributed by atoms with Gasteiger partial charge in [0.15, 0.2) is 0 Å². The summed E-state index contributed by atoms with van der Waals surface area (Å²) in [5.74, 6) is 0. The monoisotopic (exact) mass is 225 g/mol. The van der Waals surface area contributed by atoms with Gasteiger partial charge in [-0.2, -0.15) is 11.3 Å². The Labute approximate surface area is 97.9 Å². The van der Waals surface area contributed by atoms with Crippen LogP contribution in [0.2, 0.25) is 0 Å². The predicted molar refractivity (Wildman–Crippen MR) is 69.6 cm³/mol. The summed E-state index contributed by atoms with van der Waals surface area (Å²) in [6.07, 6.45) is 4.84. The van der Waals surface area contributed by atoms with Gasteiger partial charge in [-0.3, -0.25) is 0 Å². The third-order valence-electron chi connectivity index (χ3n) is 3.52. The molecule has 0 saturated carbocycles. The van der Waals surface area contributed by atoms with Crippen LogP contribution in [0.3, 0.4) is 0 Å². The van der Waals surface area contributed by atoms with Crippen molar-refractivity contribution in [2.24, 2.45) is 0 Å². The van der Waals surface area contributed by atoms with Gasteiger partial charge in [0.05, 0.1) is 0 Å². The Balaban J connectivity index is 2.34. The molecule has 86 valence electrons. The fourth-order valence-corrected chi connectivity index (χ4v) is 2.74. The van der Waals surface area contributed by atoms with Crippen molar-refractivity contribution < 1.29 is 0 Å². The lowest BCUT2D eigenvalue weighted by atomic mass is 9.89. The van der Waals surface area contributed by atoms with Crippen molar-refractivity contribution in [1.29, 1.82) is 0 Å². The normalized spacial score (nSPS) is 11.9. The van der Waals surface area contributed by atoms with E-state index < -0.39 is 0 Å². The van der Waals surface area contributed by atoms with Crippen LogP contribution in [-0.2, 0) is 6.42 Å². The first kappa shape index (κ1) is 12.7. The number of hydrogen-bond acceptors (Lipinski definition) is 2. The maximum atomic E-state index is 3.73. The predicted octanol–water partition coefficient (Wildman–Crippen LogP) is 3.85. The lowest BCUT2D eigenvalue weighted by molar-refractivity contribution is 0.292. The van der Waals surface area contributed by atoms with Crippen molar-refractivity contribution >= 4 is 11.3 Å². The van der Waals surface area contributed by atoms with Gasteiger partial charge < -0.3 is 5.32 Å². The fourth-order valence-electron chi connectivity index (χ4n) is 2.03. The Morgan fingerprint density at radius 3 is 2.33 bits per heavy atom. The van der Waals surface area contributed by atoms with Crippen LogP contribution in [0.25, 0.3) is 0 Å². The lowest BCUT2D eigenvalue weighted by Gasteiger charge is -2.32. The molecule has 0 radical (unpaired) electrons. The standard InChI is InChI=1S/C13H23NS/c1-4-13(5-2,6-3)14-9-7-12-8-10-15-11-12/h8,10-11,14H,4-7,9H2,1-3H3. The van der Waals surface area contributed by atoms with E-state index in [0.717, 1.165) is 13.0 Å². The van der Waals surface area contributed by atoms with Crippen LogP contribution < -0.4 is 5.32 Å². The van der Waals surface area contributed by atoms with E-state index in [9.17, 15) is 0 Å². The first-order chi connectivity index (χ1) is 7.26.